The van der Waals surface area contributed by atoms with Crippen molar-refractivity contribution >= 4 is 50.6 Å². The fourth-order valence-corrected chi connectivity index (χ4v) is 4.56. The maximum absolute atomic E-state index is 14.2. The van der Waals surface area contributed by atoms with E-state index in [2.05, 4.69) is 25.9 Å². The van der Waals surface area contributed by atoms with Crippen LogP contribution in [0.3, 0.4) is 0 Å². The summed E-state index contributed by atoms with van der Waals surface area (Å²) in [4.78, 5) is 33.5. The van der Waals surface area contributed by atoms with E-state index in [-0.39, 0.29) is 30.0 Å². The molecule has 0 saturated heterocycles. The number of nitrogens with one attached hydrogen (secondary N) is 3. The van der Waals surface area contributed by atoms with Crippen LogP contribution < -0.4 is 16.0 Å². The Kier molecular flexibility index (Phi) is 7.70. The molecule has 192 valence electrons. The highest BCUT2D eigenvalue weighted by molar-refractivity contribution is 7.16. The Labute approximate surface area is 212 Å². The Balaban J connectivity index is 1.51. The molecule has 9 nitrogen and oxygen atoms in total. The quantitative estimate of drug-likeness (QED) is 0.298. The summed E-state index contributed by atoms with van der Waals surface area (Å²) in [5.41, 5.74) is 2.68. The van der Waals surface area contributed by atoms with Gasteiger partial charge < -0.3 is 25.8 Å². The molecule has 1 fully saturated rings. The minimum atomic E-state index is -1.63. The number of thiazole rings is 1. The molecule has 4 rings (SSSR count). The number of carbonyl (C=O) groups is 2. The molecule has 2 heterocycles. The van der Waals surface area contributed by atoms with Gasteiger partial charge in [-0.15, -0.1) is 11.3 Å². The van der Waals surface area contributed by atoms with Gasteiger partial charge in [-0.2, -0.15) is 0 Å². The van der Waals surface area contributed by atoms with Gasteiger partial charge in [0.1, 0.15) is 12.0 Å². The van der Waals surface area contributed by atoms with Crippen LogP contribution in [-0.2, 0) is 9.53 Å². The van der Waals surface area contributed by atoms with Crippen LogP contribution in [0.1, 0.15) is 44.0 Å². The van der Waals surface area contributed by atoms with Gasteiger partial charge in [-0.25, -0.2) is 14.4 Å². The molecule has 0 aliphatic heterocycles. The van der Waals surface area contributed by atoms with Crippen molar-refractivity contribution in [1.82, 2.24) is 15.3 Å². The normalized spacial score (nSPS) is 18.2. The molecule has 2 aromatic heterocycles. The number of nitrogens with zero attached hydrogens (tertiary/aromatic N) is 2. The van der Waals surface area contributed by atoms with Gasteiger partial charge in [-0.3, -0.25) is 9.59 Å². The van der Waals surface area contributed by atoms with Crippen LogP contribution in [0, 0.1) is 5.92 Å². The SMILES string of the molecule is CCOC(=O)C1CC(Nc2cc(Nc3ccc4ncsc4c3)ncc2C(=O)NCC(F)C(C)(C)O)C1. The Morgan fingerprint density at radius 2 is 2.06 bits per heavy atom. The predicted molar refractivity (Wildman–Crippen MR) is 137 cm³/mol. The van der Waals surface area contributed by atoms with Gasteiger partial charge in [0.15, 0.2) is 0 Å². The third kappa shape index (κ3) is 6.08. The maximum Gasteiger partial charge on any atom is 0.309 e. The van der Waals surface area contributed by atoms with Gasteiger partial charge in [-0.1, -0.05) is 0 Å². The average molecular weight is 516 g/mol. The first-order valence-electron chi connectivity index (χ1n) is 11.8. The Bertz CT molecular complexity index is 1240. The summed E-state index contributed by atoms with van der Waals surface area (Å²) in [5, 5.41) is 18.9. The lowest BCUT2D eigenvalue weighted by atomic mass is 9.80. The first kappa shape index (κ1) is 25.8. The van der Waals surface area contributed by atoms with E-state index in [0.717, 1.165) is 15.9 Å². The van der Waals surface area contributed by atoms with Gasteiger partial charge in [0.05, 0.1) is 51.6 Å². The fraction of sp³-hybridized carbons (Fsp3) is 0.440. The third-order valence-corrected chi connectivity index (χ3v) is 6.87. The number of fused-ring (bicyclic) bond motifs is 1. The van der Waals surface area contributed by atoms with Crippen molar-refractivity contribution in [2.24, 2.45) is 5.92 Å². The van der Waals surface area contributed by atoms with Gasteiger partial charge >= 0.3 is 5.97 Å². The van der Waals surface area contributed by atoms with Crippen molar-refractivity contribution in [1.29, 1.82) is 0 Å². The maximum atomic E-state index is 14.2. The molecule has 0 radical (unpaired) electrons. The number of ether oxygens (including phenoxy) is 1. The Morgan fingerprint density at radius 1 is 1.28 bits per heavy atom. The van der Waals surface area contributed by atoms with E-state index in [1.54, 1.807) is 18.5 Å². The highest BCUT2D eigenvalue weighted by Gasteiger charge is 2.36. The second-order valence-corrected chi connectivity index (χ2v) is 10.3. The minimum absolute atomic E-state index is 0.0277. The van der Waals surface area contributed by atoms with E-state index in [1.807, 2.05) is 18.2 Å². The standard InChI is InChI=1S/C25H30FN5O4S/c1-4-35-24(33)14-7-16(8-14)30-19-10-22(31-15-5-6-18-20(9-15)36-13-29-18)27-11-17(19)23(32)28-12-21(26)25(2,3)34/h5-6,9-11,13-14,16,21,34H,4,7-8,12H2,1-3H3,(H,28,32)(H2,27,30,31). The number of alkyl halides is 1. The average Bonchev–Trinajstić information content (AvgIpc) is 3.27. The minimum Gasteiger partial charge on any atom is -0.466 e. The van der Waals surface area contributed by atoms with Crippen molar-refractivity contribution in [3.05, 3.63) is 41.5 Å². The van der Waals surface area contributed by atoms with Crippen molar-refractivity contribution in [3.63, 3.8) is 0 Å². The molecule has 1 unspecified atom stereocenters. The zero-order valence-electron chi connectivity index (χ0n) is 20.4. The Hall–Kier alpha value is -3.31. The number of aliphatic hydroxyl groups is 1. The van der Waals surface area contributed by atoms with E-state index in [1.165, 1.54) is 31.4 Å². The number of pyridine rings is 1. The van der Waals surface area contributed by atoms with Crippen LogP contribution in [0.15, 0.2) is 36.0 Å². The lowest BCUT2D eigenvalue weighted by Crippen LogP contribution is -2.43. The van der Waals surface area contributed by atoms with E-state index in [0.29, 0.717) is 31.0 Å². The number of hydrogen-bond donors (Lipinski definition) is 4. The van der Waals surface area contributed by atoms with Gasteiger partial charge in [-0.05, 0) is 51.8 Å². The second kappa shape index (κ2) is 10.8. The van der Waals surface area contributed by atoms with Gasteiger partial charge in [0.25, 0.3) is 5.91 Å². The molecule has 11 heteroatoms. The lowest BCUT2D eigenvalue weighted by Gasteiger charge is -2.35. The highest BCUT2D eigenvalue weighted by Crippen LogP contribution is 2.33. The number of benzene rings is 1. The highest BCUT2D eigenvalue weighted by atomic mass is 32.1. The summed E-state index contributed by atoms with van der Waals surface area (Å²) in [6.45, 7) is 4.46. The first-order valence-corrected chi connectivity index (χ1v) is 12.7. The van der Waals surface area contributed by atoms with E-state index < -0.39 is 17.7 Å². The summed E-state index contributed by atoms with van der Waals surface area (Å²) in [6, 6.07) is 7.46. The molecular weight excluding hydrogens is 485 g/mol. The van der Waals surface area contributed by atoms with Crippen molar-refractivity contribution < 1.29 is 23.8 Å². The van der Waals surface area contributed by atoms with Gasteiger partial charge in [0, 0.05) is 24.0 Å². The number of amides is 1. The fourth-order valence-electron chi connectivity index (χ4n) is 3.84. The van der Waals surface area contributed by atoms with Crippen LogP contribution in [0.25, 0.3) is 10.2 Å². The van der Waals surface area contributed by atoms with Crippen LogP contribution in [-0.4, -0.2) is 57.9 Å². The summed E-state index contributed by atoms with van der Waals surface area (Å²) >= 11 is 1.53. The smallest absolute Gasteiger partial charge is 0.309 e. The number of anilines is 3. The topological polar surface area (TPSA) is 125 Å². The van der Waals surface area contributed by atoms with Crippen molar-refractivity contribution in [2.75, 3.05) is 23.8 Å². The summed E-state index contributed by atoms with van der Waals surface area (Å²) < 4.78 is 20.3. The molecule has 1 aromatic carbocycles. The van der Waals surface area contributed by atoms with Crippen molar-refractivity contribution in [3.8, 4) is 0 Å². The number of rotatable bonds is 10. The molecule has 1 amide bonds. The molecule has 1 saturated carbocycles. The summed E-state index contributed by atoms with van der Waals surface area (Å²) in [6.07, 6.45) is 0.950. The number of esters is 1. The molecule has 36 heavy (non-hydrogen) atoms. The van der Waals surface area contributed by atoms with Gasteiger partial charge in [0.2, 0.25) is 0 Å². The zero-order valence-corrected chi connectivity index (χ0v) is 21.2. The van der Waals surface area contributed by atoms with E-state index in [9.17, 15) is 19.1 Å². The molecular formula is C25H30FN5O4S. The third-order valence-electron chi connectivity index (χ3n) is 6.08. The van der Waals surface area contributed by atoms with E-state index in [4.69, 9.17) is 4.74 Å². The Morgan fingerprint density at radius 3 is 2.78 bits per heavy atom. The summed E-state index contributed by atoms with van der Waals surface area (Å²) in [5.74, 6) is -0.399. The molecule has 1 aliphatic rings. The van der Waals surface area contributed by atoms with Crippen molar-refractivity contribution in [2.45, 2.75) is 51.4 Å². The van der Waals surface area contributed by atoms with Crippen LogP contribution in [0.4, 0.5) is 21.6 Å². The lowest BCUT2D eigenvalue weighted by molar-refractivity contribution is -0.151. The second-order valence-electron chi connectivity index (χ2n) is 9.37. The number of aromatic nitrogens is 2. The number of halogens is 1. The molecule has 3 aromatic rings. The first-order chi connectivity index (χ1) is 17.1. The monoisotopic (exact) mass is 515 g/mol. The molecule has 1 atom stereocenters. The predicted octanol–water partition coefficient (Wildman–Crippen LogP) is 4.03. The molecule has 1 aliphatic carbocycles. The summed E-state index contributed by atoms with van der Waals surface area (Å²) in [7, 11) is 0. The number of carbonyl (C=O) groups excluding carboxylic acids is 2. The molecule has 4 N–H and O–H groups in total. The number of hydrogen-bond acceptors (Lipinski definition) is 9. The molecule has 0 spiro atoms. The van der Waals surface area contributed by atoms with Crippen LogP contribution in [0.2, 0.25) is 0 Å². The van der Waals surface area contributed by atoms with E-state index >= 15 is 0 Å². The van der Waals surface area contributed by atoms with Crippen LogP contribution >= 0.6 is 11.3 Å². The zero-order chi connectivity index (χ0) is 25.9. The molecule has 0 bridgehead atoms. The van der Waals surface area contributed by atoms with Crippen LogP contribution in [0.5, 0.6) is 0 Å². The largest absolute Gasteiger partial charge is 0.466 e.